The van der Waals surface area contributed by atoms with E-state index in [4.69, 9.17) is 4.74 Å². The molecule has 1 amide bonds. The first-order valence-electron chi connectivity index (χ1n) is 7.94. The Bertz CT molecular complexity index is 928. The number of ether oxygens (including phenoxy) is 1. The maximum Gasteiger partial charge on any atom is 0.415 e. The molecule has 0 aliphatic rings. The molecule has 1 atom stereocenters. The summed E-state index contributed by atoms with van der Waals surface area (Å²) in [5.41, 5.74) is 0.673. The number of carbonyl (C=O) groups excluding carboxylic acids is 1. The van der Waals surface area contributed by atoms with Crippen molar-refractivity contribution in [3.05, 3.63) is 54.9 Å². The minimum atomic E-state index is -1.28. The fourth-order valence-corrected chi connectivity index (χ4v) is 3.91. The molecular weight excluding hydrogens is 370 g/mol. The molecule has 0 saturated heterocycles. The van der Waals surface area contributed by atoms with Gasteiger partial charge in [0, 0.05) is 23.4 Å². The van der Waals surface area contributed by atoms with E-state index < -0.39 is 16.9 Å². The van der Waals surface area contributed by atoms with Gasteiger partial charge in [0.25, 0.3) is 0 Å². The number of hydrogen-bond acceptors (Lipinski definition) is 5. The highest BCUT2D eigenvalue weighted by atomic mass is 32.2. The van der Waals surface area contributed by atoms with E-state index in [9.17, 15) is 9.00 Å². The van der Waals surface area contributed by atoms with E-state index in [1.54, 1.807) is 40.7 Å². The molecule has 2 heterocycles. The van der Waals surface area contributed by atoms with Crippen LogP contribution in [0.25, 0.3) is 5.65 Å². The topological polar surface area (TPSA) is 63.9 Å². The quantitative estimate of drug-likeness (QED) is 0.646. The minimum absolute atomic E-state index is 0.449. The molecule has 136 valence electrons. The summed E-state index contributed by atoms with van der Waals surface area (Å²) in [5, 5.41) is 0. The zero-order valence-electron chi connectivity index (χ0n) is 14.5. The van der Waals surface area contributed by atoms with Gasteiger partial charge in [-0.05, 0) is 30.5 Å². The van der Waals surface area contributed by atoms with Crippen molar-refractivity contribution in [2.75, 3.05) is 30.6 Å². The largest absolute Gasteiger partial charge is 0.452 e. The third kappa shape index (κ3) is 3.91. The Kier molecular flexibility index (Phi) is 5.95. The van der Waals surface area contributed by atoms with Gasteiger partial charge in [0.15, 0.2) is 5.82 Å². The third-order valence-electron chi connectivity index (χ3n) is 3.77. The number of rotatable bonds is 6. The number of methoxy groups -OCH3 is 1. The number of anilines is 1. The van der Waals surface area contributed by atoms with Gasteiger partial charge < -0.3 is 9.14 Å². The Morgan fingerprint density at radius 3 is 2.65 bits per heavy atom. The van der Waals surface area contributed by atoms with Crippen LogP contribution in [-0.4, -0.2) is 45.3 Å². The van der Waals surface area contributed by atoms with E-state index in [0.717, 1.165) is 10.6 Å². The van der Waals surface area contributed by atoms with E-state index in [0.29, 0.717) is 22.9 Å². The highest BCUT2D eigenvalue weighted by Gasteiger charge is 2.19. The van der Waals surface area contributed by atoms with Crippen LogP contribution in [0.15, 0.2) is 64.6 Å². The molecule has 3 aromatic rings. The van der Waals surface area contributed by atoms with Crippen LogP contribution in [0.4, 0.5) is 10.6 Å². The summed E-state index contributed by atoms with van der Waals surface area (Å²) >= 11 is 1.64. The van der Waals surface area contributed by atoms with Crippen molar-refractivity contribution < 1.29 is 13.7 Å². The molecule has 0 fully saturated rings. The summed E-state index contributed by atoms with van der Waals surface area (Å²) in [5.74, 6) is 1.28. The number of fused-ring (bicyclic) bond motifs is 1. The Labute approximate surface area is 158 Å². The number of aromatic nitrogens is 2. The van der Waals surface area contributed by atoms with E-state index in [1.807, 2.05) is 36.6 Å². The summed E-state index contributed by atoms with van der Waals surface area (Å²) in [4.78, 5) is 19.4. The molecule has 0 spiro atoms. The molecule has 0 N–H and O–H groups in total. The molecule has 1 unspecified atom stereocenters. The number of carbonyl (C=O) groups is 1. The molecule has 6 nitrogen and oxygen atoms in total. The maximum atomic E-state index is 12.7. The fraction of sp³-hybridized carbons (Fsp3) is 0.222. The molecule has 0 saturated carbocycles. The number of imidazole rings is 1. The van der Waals surface area contributed by atoms with Crippen LogP contribution in [0.3, 0.4) is 0 Å². The zero-order valence-corrected chi connectivity index (χ0v) is 16.1. The first-order chi connectivity index (χ1) is 12.6. The lowest BCUT2D eigenvalue weighted by Gasteiger charge is -2.17. The summed E-state index contributed by atoms with van der Waals surface area (Å²) in [7, 11) is 0.0759. The molecule has 1 aromatic carbocycles. The van der Waals surface area contributed by atoms with Crippen LogP contribution in [0, 0.1) is 0 Å². The summed E-state index contributed by atoms with van der Waals surface area (Å²) in [6.07, 6.45) is 5.05. The number of hydrogen-bond donors (Lipinski definition) is 0. The van der Waals surface area contributed by atoms with Gasteiger partial charge in [-0.25, -0.2) is 14.0 Å². The number of thioether (sulfide) groups is 1. The molecule has 26 heavy (non-hydrogen) atoms. The number of amides is 1. The van der Waals surface area contributed by atoms with Gasteiger partial charge in [-0.2, -0.15) is 11.8 Å². The average molecular weight is 390 g/mol. The van der Waals surface area contributed by atoms with Gasteiger partial charge in [-0.1, -0.05) is 18.2 Å². The summed E-state index contributed by atoms with van der Waals surface area (Å²) < 4.78 is 19.4. The second kappa shape index (κ2) is 8.37. The van der Waals surface area contributed by atoms with Crippen LogP contribution < -0.4 is 4.90 Å². The monoisotopic (exact) mass is 389 g/mol. The number of pyridine rings is 1. The van der Waals surface area contributed by atoms with Gasteiger partial charge in [0.2, 0.25) is 0 Å². The SMILES string of the molecule is COC(=O)N(CCSC)c1cn2cc(S(=O)c3ccccc3)ccc2n1. The summed E-state index contributed by atoms with van der Waals surface area (Å²) in [6, 6.07) is 12.9. The van der Waals surface area contributed by atoms with Crippen molar-refractivity contribution >= 4 is 40.1 Å². The van der Waals surface area contributed by atoms with Crippen LogP contribution in [-0.2, 0) is 15.5 Å². The van der Waals surface area contributed by atoms with Crippen LogP contribution in [0.1, 0.15) is 0 Å². The Morgan fingerprint density at radius 2 is 1.96 bits per heavy atom. The molecule has 0 aliphatic carbocycles. The standard InChI is InChI=1S/C18H19N3O3S2/c1-24-18(22)21(10-11-25-2)17-13-20-12-15(8-9-16(20)19-17)26(23)14-6-4-3-5-7-14/h3-9,12-13H,10-11H2,1-2H3. The van der Waals surface area contributed by atoms with Crippen molar-refractivity contribution in [3.63, 3.8) is 0 Å². The van der Waals surface area contributed by atoms with Crippen molar-refractivity contribution in [2.24, 2.45) is 0 Å². The number of benzene rings is 1. The second-order valence-corrected chi connectivity index (χ2v) is 7.89. The lowest BCUT2D eigenvalue weighted by Crippen LogP contribution is -2.33. The van der Waals surface area contributed by atoms with Gasteiger partial charge >= 0.3 is 6.09 Å². The molecule has 8 heteroatoms. The van der Waals surface area contributed by atoms with Gasteiger partial charge in [-0.15, -0.1) is 0 Å². The predicted octanol–water partition coefficient (Wildman–Crippen LogP) is 3.44. The minimum Gasteiger partial charge on any atom is -0.452 e. The zero-order chi connectivity index (χ0) is 18.5. The molecular formula is C18H19N3O3S2. The summed E-state index contributed by atoms with van der Waals surface area (Å²) in [6.45, 7) is 0.501. The first-order valence-corrected chi connectivity index (χ1v) is 10.5. The normalized spacial score (nSPS) is 12.1. The molecule has 2 aromatic heterocycles. The van der Waals surface area contributed by atoms with E-state index in [2.05, 4.69) is 4.98 Å². The predicted molar refractivity (Wildman–Crippen MR) is 104 cm³/mol. The van der Waals surface area contributed by atoms with E-state index in [-0.39, 0.29) is 0 Å². The van der Waals surface area contributed by atoms with Gasteiger partial charge in [-0.3, -0.25) is 4.90 Å². The molecule has 3 rings (SSSR count). The first kappa shape index (κ1) is 18.5. The van der Waals surface area contributed by atoms with Crippen LogP contribution in [0.5, 0.6) is 0 Å². The van der Waals surface area contributed by atoms with Crippen molar-refractivity contribution in [1.29, 1.82) is 0 Å². The van der Waals surface area contributed by atoms with Crippen LogP contribution in [0.2, 0.25) is 0 Å². The van der Waals surface area contributed by atoms with E-state index >= 15 is 0 Å². The smallest absolute Gasteiger partial charge is 0.415 e. The van der Waals surface area contributed by atoms with Crippen molar-refractivity contribution in [2.45, 2.75) is 9.79 Å². The molecule has 0 aliphatic heterocycles. The van der Waals surface area contributed by atoms with Gasteiger partial charge in [0.05, 0.1) is 29.0 Å². The molecule has 0 bridgehead atoms. The number of nitrogens with zero attached hydrogens (tertiary/aromatic N) is 3. The second-order valence-electron chi connectivity index (χ2n) is 5.43. The Morgan fingerprint density at radius 1 is 1.19 bits per heavy atom. The van der Waals surface area contributed by atoms with Crippen molar-refractivity contribution in [3.8, 4) is 0 Å². The Hall–Kier alpha value is -2.32. The Balaban J connectivity index is 1.93. The van der Waals surface area contributed by atoms with E-state index in [1.165, 1.54) is 12.0 Å². The van der Waals surface area contributed by atoms with Gasteiger partial charge in [0.1, 0.15) is 5.65 Å². The highest BCUT2D eigenvalue weighted by molar-refractivity contribution is 7.98. The maximum absolute atomic E-state index is 12.7. The third-order valence-corrected chi connectivity index (χ3v) is 5.73. The highest BCUT2D eigenvalue weighted by Crippen LogP contribution is 2.20. The lowest BCUT2D eigenvalue weighted by molar-refractivity contribution is 0.179. The van der Waals surface area contributed by atoms with Crippen molar-refractivity contribution in [1.82, 2.24) is 9.38 Å². The fourth-order valence-electron chi connectivity index (χ4n) is 2.47. The molecule has 0 radical (unpaired) electrons. The lowest BCUT2D eigenvalue weighted by atomic mass is 10.4. The van der Waals surface area contributed by atoms with Crippen LogP contribution >= 0.6 is 11.8 Å². The average Bonchev–Trinajstić information content (AvgIpc) is 3.11.